The molecule has 110 valence electrons. The van der Waals surface area contributed by atoms with E-state index in [2.05, 4.69) is 22.0 Å². The number of aryl methyl sites for hydroxylation is 1. The van der Waals surface area contributed by atoms with Gasteiger partial charge in [0.1, 0.15) is 0 Å². The summed E-state index contributed by atoms with van der Waals surface area (Å²) in [5.41, 5.74) is 3.10. The fourth-order valence-corrected chi connectivity index (χ4v) is 2.29. The normalized spacial score (nSPS) is 10.6. The largest absolute Gasteiger partial charge is 0.349 e. The maximum atomic E-state index is 12.4. The summed E-state index contributed by atoms with van der Waals surface area (Å²) in [6, 6.07) is 11.4. The third kappa shape index (κ3) is 2.48. The predicted octanol–water partition coefficient (Wildman–Crippen LogP) is 3.11. The van der Waals surface area contributed by atoms with Crippen LogP contribution < -0.4 is 5.32 Å². The van der Waals surface area contributed by atoms with Gasteiger partial charge < -0.3 is 9.84 Å². The molecule has 0 bridgehead atoms. The first-order chi connectivity index (χ1) is 10.7. The average Bonchev–Trinajstić information content (AvgIpc) is 2.94. The number of hydrogen-bond donors (Lipinski definition) is 1. The Morgan fingerprint density at radius 2 is 2.14 bits per heavy atom. The number of benzene rings is 1. The van der Waals surface area contributed by atoms with Crippen LogP contribution in [0, 0.1) is 6.92 Å². The van der Waals surface area contributed by atoms with Gasteiger partial charge in [-0.2, -0.15) is 0 Å². The van der Waals surface area contributed by atoms with Crippen molar-refractivity contribution >= 4 is 17.0 Å². The summed E-state index contributed by atoms with van der Waals surface area (Å²) in [6.07, 6.45) is 1.63. The first-order valence-corrected chi connectivity index (χ1v) is 6.92. The van der Waals surface area contributed by atoms with Crippen LogP contribution in [0.1, 0.15) is 16.1 Å². The van der Waals surface area contributed by atoms with Gasteiger partial charge in [0.05, 0.1) is 22.3 Å². The fourth-order valence-electron chi connectivity index (χ4n) is 2.29. The Hall–Kier alpha value is -2.95. The van der Waals surface area contributed by atoms with Crippen LogP contribution in [0.5, 0.6) is 0 Å². The number of nitrogens with zero attached hydrogens (tertiary/aromatic N) is 2. The van der Waals surface area contributed by atoms with Crippen LogP contribution in [0.2, 0.25) is 0 Å². The number of carbonyl (C=O) groups excluding carboxylic acids is 1. The van der Waals surface area contributed by atoms with Gasteiger partial charge in [0.25, 0.3) is 11.6 Å². The lowest BCUT2D eigenvalue weighted by Crippen LogP contribution is -2.23. The number of aromatic nitrogens is 2. The highest BCUT2D eigenvalue weighted by atomic mass is 16.5. The zero-order chi connectivity index (χ0) is 15.5. The molecule has 3 rings (SSSR count). The topological polar surface area (TPSA) is 68.0 Å². The van der Waals surface area contributed by atoms with Crippen molar-refractivity contribution in [3.05, 3.63) is 60.3 Å². The molecule has 5 heteroatoms. The molecule has 0 unspecified atom stereocenters. The third-order valence-corrected chi connectivity index (χ3v) is 3.34. The molecule has 0 aliphatic heterocycles. The molecular weight excluding hydrogens is 278 g/mol. The Kier molecular flexibility index (Phi) is 3.70. The highest BCUT2D eigenvalue weighted by Gasteiger charge is 2.18. The minimum atomic E-state index is -0.198. The van der Waals surface area contributed by atoms with Crippen LogP contribution in [-0.4, -0.2) is 22.6 Å². The van der Waals surface area contributed by atoms with E-state index >= 15 is 0 Å². The van der Waals surface area contributed by atoms with Crippen molar-refractivity contribution < 1.29 is 9.32 Å². The van der Waals surface area contributed by atoms with E-state index in [-0.39, 0.29) is 5.91 Å². The number of hydrogen-bond acceptors (Lipinski definition) is 4. The Morgan fingerprint density at radius 3 is 2.86 bits per heavy atom. The number of amides is 1. The number of carbonyl (C=O) groups is 1. The molecule has 3 aromatic rings. The Bertz CT molecular complexity index is 838. The van der Waals surface area contributed by atoms with E-state index in [9.17, 15) is 4.79 Å². The smallest absolute Gasteiger partial charge is 0.259 e. The molecule has 2 aromatic heterocycles. The van der Waals surface area contributed by atoms with Crippen LogP contribution >= 0.6 is 0 Å². The lowest BCUT2D eigenvalue weighted by Gasteiger charge is -2.07. The molecule has 5 nitrogen and oxygen atoms in total. The molecule has 0 aliphatic carbocycles. The van der Waals surface area contributed by atoms with E-state index in [1.807, 2.05) is 30.3 Å². The van der Waals surface area contributed by atoms with E-state index in [0.717, 1.165) is 5.56 Å². The van der Waals surface area contributed by atoms with Crippen LogP contribution in [0.3, 0.4) is 0 Å². The van der Waals surface area contributed by atoms with Crippen molar-refractivity contribution in [2.45, 2.75) is 6.92 Å². The Morgan fingerprint density at radius 1 is 1.36 bits per heavy atom. The summed E-state index contributed by atoms with van der Waals surface area (Å²) in [6.45, 7) is 5.79. The number of rotatable bonds is 4. The second kappa shape index (κ2) is 5.81. The summed E-state index contributed by atoms with van der Waals surface area (Å²) in [7, 11) is 0. The Balaban J connectivity index is 2.17. The molecule has 1 amide bonds. The average molecular weight is 293 g/mol. The first kappa shape index (κ1) is 14.0. The van der Waals surface area contributed by atoms with Crippen molar-refractivity contribution in [3.63, 3.8) is 0 Å². The summed E-state index contributed by atoms with van der Waals surface area (Å²) < 4.78 is 5.24. The van der Waals surface area contributed by atoms with E-state index in [4.69, 9.17) is 4.52 Å². The molecule has 22 heavy (non-hydrogen) atoms. The van der Waals surface area contributed by atoms with Gasteiger partial charge in [0.15, 0.2) is 0 Å². The number of nitrogens with one attached hydrogen (secondary N) is 1. The summed E-state index contributed by atoms with van der Waals surface area (Å²) in [5, 5.41) is 7.34. The minimum absolute atomic E-state index is 0.198. The first-order valence-electron chi connectivity index (χ1n) is 6.92. The molecule has 0 fully saturated rings. The molecule has 0 aliphatic rings. The fraction of sp³-hybridized carbons (Fsp3) is 0.118. The van der Waals surface area contributed by atoms with Crippen molar-refractivity contribution in [2.75, 3.05) is 6.54 Å². The van der Waals surface area contributed by atoms with Crippen LogP contribution in [0.15, 0.2) is 53.6 Å². The van der Waals surface area contributed by atoms with E-state index < -0.39 is 0 Å². The molecule has 1 N–H and O–H groups in total. The lowest BCUT2D eigenvalue weighted by atomic mass is 10.1. The van der Waals surface area contributed by atoms with E-state index in [0.29, 0.717) is 34.6 Å². The number of pyridine rings is 1. The zero-order valence-electron chi connectivity index (χ0n) is 12.2. The van der Waals surface area contributed by atoms with Gasteiger partial charge in [-0.25, -0.2) is 4.98 Å². The molecule has 0 spiro atoms. The van der Waals surface area contributed by atoms with Crippen molar-refractivity contribution in [3.8, 4) is 11.3 Å². The minimum Gasteiger partial charge on any atom is -0.349 e. The van der Waals surface area contributed by atoms with Crippen LogP contribution in [0.25, 0.3) is 22.4 Å². The van der Waals surface area contributed by atoms with Crippen LogP contribution in [0.4, 0.5) is 0 Å². The van der Waals surface area contributed by atoms with Gasteiger partial charge in [-0.3, -0.25) is 4.79 Å². The van der Waals surface area contributed by atoms with Gasteiger partial charge in [0, 0.05) is 12.1 Å². The molecular formula is C17H15N3O2. The molecule has 0 radical (unpaired) electrons. The van der Waals surface area contributed by atoms with Crippen LogP contribution in [-0.2, 0) is 0 Å². The van der Waals surface area contributed by atoms with Gasteiger partial charge in [-0.15, -0.1) is 6.58 Å². The molecule has 0 atom stereocenters. The molecule has 1 aromatic carbocycles. The highest BCUT2D eigenvalue weighted by Crippen LogP contribution is 2.26. The SMILES string of the molecule is C=CCNC(=O)c1cc(-c2ccccc2)nc2onc(C)c12. The van der Waals surface area contributed by atoms with Crippen molar-refractivity contribution in [2.24, 2.45) is 0 Å². The quantitative estimate of drug-likeness (QED) is 0.750. The third-order valence-electron chi connectivity index (χ3n) is 3.34. The second-order valence-corrected chi connectivity index (χ2v) is 4.87. The highest BCUT2D eigenvalue weighted by molar-refractivity contribution is 6.07. The second-order valence-electron chi connectivity index (χ2n) is 4.87. The zero-order valence-corrected chi connectivity index (χ0v) is 12.2. The summed E-state index contributed by atoms with van der Waals surface area (Å²) in [5.74, 6) is -0.198. The van der Waals surface area contributed by atoms with Gasteiger partial charge in [0.2, 0.25) is 0 Å². The maximum Gasteiger partial charge on any atom is 0.259 e. The molecule has 0 saturated carbocycles. The lowest BCUT2D eigenvalue weighted by molar-refractivity contribution is 0.0959. The van der Waals surface area contributed by atoms with Crippen molar-refractivity contribution in [1.29, 1.82) is 0 Å². The van der Waals surface area contributed by atoms with Gasteiger partial charge >= 0.3 is 0 Å². The maximum absolute atomic E-state index is 12.4. The molecule has 2 heterocycles. The molecule has 0 saturated heterocycles. The predicted molar refractivity (Wildman–Crippen MR) is 84.5 cm³/mol. The van der Waals surface area contributed by atoms with E-state index in [1.54, 1.807) is 19.1 Å². The summed E-state index contributed by atoms with van der Waals surface area (Å²) >= 11 is 0. The Labute approximate surface area is 127 Å². The monoisotopic (exact) mass is 293 g/mol. The van der Waals surface area contributed by atoms with Gasteiger partial charge in [-0.05, 0) is 13.0 Å². The number of fused-ring (bicyclic) bond motifs is 1. The standard InChI is InChI=1S/C17H15N3O2/c1-3-9-18-16(21)13-10-14(12-7-5-4-6-8-12)19-17-15(13)11(2)20-22-17/h3-8,10H,1,9H2,2H3,(H,18,21). The summed E-state index contributed by atoms with van der Waals surface area (Å²) in [4.78, 5) is 16.9. The van der Waals surface area contributed by atoms with E-state index in [1.165, 1.54) is 0 Å². The van der Waals surface area contributed by atoms with Crippen molar-refractivity contribution in [1.82, 2.24) is 15.5 Å². The van der Waals surface area contributed by atoms with Gasteiger partial charge in [-0.1, -0.05) is 41.6 Å².